The van der Waals surface area contributed by atoms with E-state index in [1.54, 1.807) is 0 Å². The average Bonchev–Trinajstić information content (AvgIpc) is 3.64. The molecule has 3 nitrogen and oxygen atoms in total. The van der Waals surface area contributed by atoms with E-state index in [1.165, 1.54) is 0 Å². The van der Waals surface area contributed by atoms with E-state index in [9.17, 15) is 0 Å². The van der Waals surface area contributed by atoms with Crippen LogP contribution in [0.15, 0.2) is 222 Å². The first-order chi connectivity index (χ1) is 25.3. The third-order valence-electron chi connectivity index (χ3n) is 8.94. The quantitative estimate of drug-likeness (QED) is 0.139. The summed E-state index contributed by atoms with van der Waals surface area (Å²) in [5.74, 6) is 0. The van der Waals surface area contributed by atoms with Crippen molar-refractivity contribution in [3.8, 4) is 44.8 Å². The van der Waals surface area contributed by atoms with Gasteiger partial charge in [-0.1, -0.05) is 200 Å². The molecule has 0 spiro atoms. The Morgan fingerprint density at radius 2 is 0.667 bits per heavy atom. The molecule has 0 aliphatic heterocycles. The Morgan fingerprint density at radius 1 is 0.314 bits per heavy atom. The Labute approximate surface area is 299 Å². The second-order valence-corrected chi connectivity index (χ2v) is 12.2. The van der Waals surface area contributed by atoms with E-state index in [-0.39, 0.29) is 0 Å². The van der Waals surface area contributed by atoms with E-state index < -0.39 is 0 Å². The molecule has 0 aliphatic rings. The largest absolute Gasteiger partial charge is 0.245 e. The number of rotatable bonds is 9. The van der Waals surface area contributed by atoms with E-state index in [1.807, 2.05) is 24.3 Å². The Hall–Kier alpha value is -6.84. The first-order valence-corrected chi connectivity index (χ1v) is 17.2. The van der Waals surface area contributed by atoms with Gasteiger partial charge in [-0.25, -0.2) is 9.67 Å². The van der Waals surface area contributed by atoms with E-state index in [4.69, 9.17) is 10.1 Å². The molecule has 0 atom stereocenters. The molecule has 0 unspecified atom stereocenters. The van der Waals surface area contributed by atoms with E-state index in [2.05, 4.69) is 193 Å². The lowest BCUT2D eigenvalue weighted by Gasteiger charge is -2.18. The highest BCUT2D eigenvalue weighted by Crippen LogP contribution is 2.40. The van der Waals surface area contributed by atoms with Crippen molar-refractivity contribution in [3.05, 3.63) is 223 Å². The molecule has 1 heterocycles. The summed E-state index contributed by atoms with van der Waals surface area (Å²) in [6.07, 6.45) is 0. The average molecular weight is 654 g/mol. The van der Waals surface area contributed by atoms with E-state index in [0.29, 0.717) is 0 Å². The van der Waals surface area contributed by atoms with Crippen LogP contribution in [0.1, 0.15) is 11.1 Å². The van der Waals surface area contributed by atoms with Crippen LogP contribution in [0.5, 0.6) is 0 Å². The van der Waals surface area contributed by atoms with E-state index >= 15 is 0 Å². The predicted octanol–water partition coefficient (Wildman–Crippen LogP) is 12.2. The van der Waals surface area contributed by atoms with Gasteiger partial charge in [0, 0.05) is 33.4 Å². The van der Waals surface area contributed by atoms with Crippen molar-refractivity contribution in [2.24, 2.45) is 10.1 Å². The van der Waals surface area contributed by atoms with Crippen LogP contribution in [0.3, 0.4) is 0 Å². The number of hydrogen-bond acceptors (Lipinski definition) is 2. The van der Waals surface area contributed by atoms with Gasteiger partial charge in [-0.15, -0.1) is 0 Å². The summed E-state index contributed by atoms with van der Waals surface area (Å²) in [6, 6.07) is 73.5. The molecule has 0 amide bonds. The molecule has 1 aromatic heterocycles. The maximum Gasteiger partial charge on any atom is 0.117 e. The van der Waals surface area contributed by atoms with Crippen LogP contribution < -0.4 is 0 Å². The smallest absolute Gasteiger partial charge is 0.117 e. The highest BCUT2D eigenvalue weighted by Gasteiger charge is 2.21. The van der Waals surface area contributed by atoms with Gasteiger partial charge in [0.1, 0.15) is 5.71 Å². The van der Waals surface area contributed by atoms with Gasteiger partial charge in [0.05, 0.1) is 22.8 Å². The zero-order valence-corrected chi connectivity index (χ0v) is 28.0. The van der Waals surface area contributed by atoms with Crippen LogP contribution in [-0.2, 0) is 0 Å². The molecule has 7 aromatic carbocycles. The molecule has 3 heteroatoms. The van der Waals surface area contributed by atoms with Crippen molar-refractivity contribution in [1.82, 2.24) is 4.68 Å². The Bertz CT molecular complexity index is 2300. The predicted molar refractivity (Wildman–Crippen MR) is 214 cm³/mol. The SMILES string of the molecule is c1ccc(C(=Nc2c(-c3ccccc3)cccc2-c2ccccc2)C(=Nn2c(-c3ccccc3)ccc2-c2ccccc2)c2ccccc2)cc1. The maximum atomic E-state index is 5.72. The van der Waals surface area contributed by atoms with Crippen LogP contribution in [0, 0.1) is 0 Å². The number of para-hydroxylation sites is 1. The molecule has 0 radical (unpaired) electrons. The second-order valence-electron chi connectivity index (χ2n) is 12.2. The number of aliphatic imine (C=N–C) groups is 1. The summed E-state index contributed by atoms with van der Waals surface area (Å²) in [7, 11) is 0. The van der Waals surface area contributed by atoms with Gasteiger partial charge in [-0.2, -0.15) is 5.10 Å². The monoisotopic (exact) mass is 653 g/mol. The lowest BCUT2D eigenvalue weighted by molar-refractivity contribution is 0.909. The molecule has 0 bridgehead atoms. The molecular formula is C48H35N3. The summed E-state index contributed by atoms with van der Waals surface area (Å²) in [4.78, 5) is 5.72. The topological polar surface area (TPSA) is 29.6 Å². The summed E-state index contributed by atoms with van der Waals surface area (Å²) in [5.41, 5.74) is 12.8. The minimum atomic E-state index is 0.759. The molecule has 0 aliphatic carbocycles. The van der Waals surface area contributed by atoms with Crippen molar-refractivity contribution < 1.29 is 0 Å². The Balaban J connectivity index is 1.46. The van der Waals surface area contributed by atoms with Crippen molar-refractivity contribution in [2.75, 3.05) is 0 Å². The summed E-state index contributed by atoms with van der Waals surface area (Å²) in [5, 5.41) is 5.62. The standard InChI is InChI=1S/C48H35N3/c1-7-20-36(21-8-1)42-32-19-33-43(37-22-9-2-10-23-37)48(42)49-46(40-28-15-5-16-29-40)47(41-30-17-6-18-31-41)50-51-44(38-24-11-3-12-25-38)34-35-45(51)39-26-13-4-14-27-39/h1-35H. The summed E-state index contributed by atoms with van der Waals surface area (Å²) < 4.78 is 2.08. The van der Waals surface area contributed by atoms with Crippen molar-refractivity contribution >= 4 is 17.1 Å². The van der Waals surface area contributed by atoms with Crippen LogP contribution in [0.25, 0.3) is 44.8 Å². The molecule has 0 saturated heterocycles. The first-order valence-electron chi connectivity index (χ1n) is 17.2. The zero-order chi connectivity index (χ0) is 34.2. The number of aromatic nitrogens is 1. The third-order valence-corrected chi connectivity index (χ3v) is 8.94. The molecule has 8 aromatic rings. The fourth-order valence-corrected chi connectivity index (χ4v) is 6.46. The molecular weight excluding hydrogens is 619 g/mol. The van der Waals surface area contributed by atoms with Crippen LogP contribution in [0.4, 0.5) is 5.69 Å². The molecule has 242 valence electrons. The molecule has 51 heavy (non-hydrogen) atoms. The van der Waals surface area contributed by atoms with Crippen molar-refractivity contribution in [2.45, 2.75) is 0 Å². The van der Waals surface area contributed by atoms with Crippen LogP contribution in [-0.4, -0.2) is 16.1 Å². The van der Waals surface area contributed by atoms with Crippen molar-refractivity contribution in [1.29, 1.82) is 0 Å². The molecule has 0 fully saturated rings. The van der Waals surface area contributed by atoms with Gasteiger partial charge in [0.25, 0.3) is 0 Å². The van der Waals surface area contributed by atoms with Crippen molar-refractivity contribution in [3.63, 3.8) is 0 Å². The third kappa shape index (κ3) is 6.74. The van der Waals surface area contributed by atoms with Crippen LogP contribution in [0.2, 0.25) is 0 Å². The van der Waals surface area contributed by atoms with Gasteiger partial charge >= 0.3 is 0 Å². The lowest BCUT2D eigenvalue weighted by atomic mass is 9.95. The normalized spacial score (nSPS) is 11.8. The van der Waals surface area contributed by atoms with Gasteiger partial charge in [-0.3, -0.25) is 0 Å². The maximum absolute atomic E-state index is 5.72. The molecule has 0 N–H and O–H groups in total. The summed E-state index contributed by atoms with van der Waals surface area (Å²) in [6.45, 7) is 0. The van der Waals surface area contributed by atoms with Gasteiger partial charge in [-0.05, 0) is 23.3 Å². The lowest BCUT2D eigenvalue weighted by Crippen LogP contribution is -2.19. The first kappa shape index (κ1) is 31.4. The Kier molecular flexibility index (Phi) is 9.08. The van der Waals surface area contributed by atoms with Gasteiger partial charge in [0.2, 0.25) is 0 Å². The zero-order valence-electron chi connectivity index (χ0n) is 28.0. The highest BCUT2D eigenvalue weighted by molar-refractivity contribution is 6.54. The minimum Gasteiger partial charge on any atom is -0.245 e. The highest BCUT2D eigenvalue weighted by atomic mass is 15.4. The Morgan fingerprint density at radius 3 is 1.08 bits per heavy atom. The minimum absolute atomic E-state index is 0.759. The molecule has 0 saturated carbocycles. The fourth-order valence-electron chi connectivity index (χ4n) is 6.46. The molecule has 8 rings (SSSR count). The van der Waals surface area contributed by atoms with Crippen LogP contribution >= 0.6 is 0 Å². The van der Waals surface area contributed by atoms with E-state index in [0.717, 1.165) is 73.0 Å². The summed E-state index contributed by atoms with van der Waals surface area (Å²) >= 11 is 0. The number of nitrogens with zero attached hydrogens (tertiary/aromatic N) is 3. The van der Waals surface area contributed by atoms with Gasteiger partial charge in [0.15, 0.2) is 0 Å². The van der Waals surface area contributed by atoms with Gasteiger partial charge < -0.3 is 0 Å². The fraction of sp³-hybridized carbons (Fsp3) is 0. The number of hydrogen-bond donors (Lipinski definition) is 0. The number of benzene rings is 7. The second kappa shape index (κ2) is 14.7.